The Morgan fingerprint density at radius 3 is 2.61 bits per heavy atom. The molecule has 31 heavy (non-hydrogen) atoms. The molecule has 0 spiro atoms. The van der Waals surface area contributed by atoms with Gasteiger partial charge in [-0.2, -0.15) is 5.10 Å². The number of methoxy groups -OCH3 is 1. The molecule has 0 aliphatic carbocycles. The molecule has 2 rings (SSSR count). The van der Waals surface area contributed by atoms with Gasteiger partial charge in [-0.05, 0) is 37.3 Å². The lowest BCUT2D eigenvalue weighted by Crippen LogP contribution is -2.32. The average Bonchev–Trinajstić information content (AvgIpc) is 3.20. The molecule has 0 saturated carbocycles. The molecule has 0 aliphatic rings. The number of rotatable bonds is 7. The molecule has 2 aromatic rings. The Morgan fingerprint density at radius 1 is 1.13 bits per heavy atom. The van der Waals surface area contributed by atoms with Gasteiger partial charge in [-0.3, -0.25) is 14.4 Å². The standard InChI is InChI=1S/C19H19ClN4O7/c1-3-30-19(28)18(27)21-9-12-5-6-13(31-12)10-22-24-17(26)16(25)23-14-8-11(20)4-7-15(14)29-2/h4-8,10H,3,9H2,1-2H3,(H,21,27)(H,23,25)(H,24,26). The summed E-state index contributed by atoms with van der Waals surface area (Å²) >= 11 is 5.87. The van der Waals surface area contributed by atoms with Gasteiger partial charge in [0.1, 0.15) is 17.3 Å². The van der Waals surface area contributed by atoms with Crippen LogP contribution in [-0.2, 0) is 30.5 Å². The number of benzene rings is 1. The highest BCUT2D eigenvalue weighted by Gasteiger charge is 2.16. The van der Waals surface area contributed by atoms with Crippen LogP contribution in [0, 0.1) is 0 Å². The van der Waals surface area contributed by atoms with Crippen LogP contribution in [0.15, 0.2) is 39.9 Å². The Labute approximate surface area is 181 Å². The molecule has 1 heterocycles. The van der Waals surface area contributed by atoms with Gasteiger partial charge in [0.25, 0.3) is 0 Å². The maximum Gasteiger partial charge on any atom is 0.396 e. The van der Waals surface area contributed by atoms with E-state index >= 15 is 0 Å². The fourth-order valence-corrected chi connectivity index (χ4v) is 2.33. The number of hydrogen-bond donors (Lipinski definition) is 3. The Kier molecular flexibility index (Phi) is 8.58. The van der Waals surface area contributed by atoms with Crippen molar-refractivity contribution >= 4 is 47.2 Å². The number of esters is 1. The minimum Gasteiger partial charge on any atom is -0.495 e. The number of halogens is 1. The van der Waals surface area contributed by atoms with Crippen LogP contribution in [0.4, 0.5) is 5.69 Å². The van der Waals surface area contributed by atoms with Crippen LogP contribution in [-0.4, -0.2) is 43.6 Å². The van der Waals surface area contributed by atoms with Gasteiger partial charge in [-0.1, -0.05) is 11.6 Å². The van der Waals surface area contributed by atoms with Crippen molar-refractivity contribution in [1.29, 1.82) is 0 Å². The van der Waals surface area contributed by atoms with Crippen LogP contribution in [0.5, 0.6) is 5.75 Å². The highest BCUT2D eigenvalue weighted by Crippen LogP contribution is 2.27. The fraction of sp³-hybridized carbons (Fsp3) is 0.211. The Bertz CT molecular complexity index is 1000. The minimum atomic E-state index is -1.04. The highest BCUT2D eigenvalue weighted by molar-refractivity contribution is 6.40. The third-order valence-electron chi connectivity index (χ3n) is 3.54. The number of hydrogen-bond acceptors (Lipinski definition) is 8. The van der Waals surface area contributed by atoms with E-state index in [2.05, 4.69) is 20.5 Å². The number of amides is 3. The summed E-state index contributed by atoms with van der Waals surface area (Å²) in [5.41, 5.74) is 2.27. The van der Waals surface area contributed by atoms with Crippen LogP contribution in [0.25, 0.3) is 0 Å². The molecule has 1 aromatic carbocycles. The number of nitrogens with one attached hydrogen (secondary N) is 3. The highest BCUT2D eigenvalue weighted by atomic mass is 35.5. The Morgan fingerprint density at radius 2 is 1.90 bits per heavy atom. The van der Waals surface area contributed by atoms with Gasteiger partial charge in [0, 0.05) is 5.02 Å². The number of hydrazone groups is 1. The number of ether oxygens (including phenoxy) is 2. The molecule has 3 N–H and O–H groups in total. The third kappa shape index (κ3) is 7.16. The summed E-state index contributed by atoms with van der Waals surface area (Å²) in [5, 5.41) is 8.67. The molecule has 3 amide bonds. The zero-order valence-corrected chi connectivity index (χ0v) is 17.3. The van der Waals surface area contributed by atoms with Gasteiger partial charge in [0.15, 0.2) is 0 Å². The molecular formula is C19H19ClN4O7. The third-order valence-corrected chi connectivity index (χ3v) is 3.78. The molecule has 0 bridgehead atoms. The fourth-order valence-electron chi connectivity index (χ4n) is 2.16. The van der Waals surface area contributed by atoms with Crippen LogP contribution in [0.1, 0.15) is 18.4 Å². The Balaban J connectivity index is 1.85. The number of carbonyl (C=O) groups is 4. The summed E-state index contributed by atoms with van der Waals surface area (Å²) in [6.45, 7) is 1.62. The van der Waals surface area contributed by atoms with Crippen molar-refractivity contribution in [3.05, 3.63) is 46.9 Å². The molecule has 0 saturated heterocycles. The molecule has 0 fully saturated rings. The lowest BCUT2D eigenvalue weighted by Gasteiger charge is -2.09. The van der Waals surface area contributed by atoms with E-state index in [0.717, 1.165) is 6.21 Å². The predicted octanol–water partition coefficient (Wildman–Crippen LogP) is 1.21. The van der Waals surface area contributed by atoms with Gasteiger partial charge in [0.2, 0.25) is 0 Å². The second-order valence-electron chi connectivity index (χ2n) is 5.71. The van der Waals surface area contributed by atoms with Crippen molar-refractivity contribution in [2.24, 2.45) is 5.10 Å². The van der Waals surface area contributed by atoms with Gasteiger partial charge >= 0.3 is 23.7 Å². The van der Waals surface area contributed by atoms with Crippen molar-refractivity contribution in [2.75, 3.05) is 19.0 Å². The number of furan rings is 1. The molecule has 164 valence electrons. The van der Waals surface area contributed by atoms with E-state index in [-0.39, 0.29) is 24.6 Å². The normalized spacial score (nSPS) is 10.4. The molecular weight excluding hydrogens is 432 g/mol. The number of anilines is 1. The number of carbonyl (C=O) groups excluding carboxylic acids is 4. The summed E-state index contributed by atoms with van der Waals surface area (Å²) in [6.07, 6.45) is 1.15. The molecule has 0 aliphatic heterocycles. The van der Waals surface area contributed by atoms with E-state index in [0.29, 0.717) is 16.5 Å². The SMILES string of the molecule is CCOC(=O)C(=O)NCc1ccc(C=NNC(=O)C(=O)Nc2cc(Cl)ccc2OC)o1. The van der Waals surface area contributed by atoms with Gasteiger partial charge in [-0.25, -0.2) is 10.2 Å². The summed E-state index contributed by atoms with van der Waals surface area (Å²) in [6, 6.07) is 7.59. The first-order chi connectivity index (χ1) is 14.8. The average molecular weight is 451 g/mol. The van der Waals surface area contributed by atoms with E-state index < -0.39 is 23.7 Å². The van der Waals surface area contributed by atoms with E-state index in [4.69, 9.17) is 20.8 Å². The lowest BCUT2D eigenvalue weighted by atomic mass is 10.3. The largest absolute Gasteiger partial charge is 0.495 e. The molecule has 1 aromatic heterocycles. The van der Waals surface area contributed by atoms with Crippen molar-refractivity contribution < 1.29 is 33.1 Å². The monoisotopic (exact) mass is 450 g/mol. The second kappa shape index (κ2) is 11.4. The zero-order chi connectivity index (χ0) is 22.8. The lowest BCUT2D eigenvalue weighted by molar-refractivity contribution is -0.154. The maximum atomic E-state index is 12.0. The van der Waals surface area contributed by atoms with Crippen molar-refractivity contribution in [3.63, 3.8) is 0 Å². The van der Waals surface area contributed by atoms with Crippen molar-refractivity contribution in [1.82, 2.24) is 10.7 Å². The maximum absolute atomic E-state index is 12.0. The Hall–Kier alpha value is -3.86. The molecule has 11 nitrogen and oxygen atoms in total. The first-order valence-electron chi connectivity index (χ1n) is 8.85. The van der Waals surface area contributed by atoms with Gasteiger partial charge in [-0.15, -0.1) is 0 Å². The van der Waals surface area contributed by atoms with Crippen LogP contribution >= 0.6 is 11.6 Å². The van der Waals surface area contributed by atoms with Gasteiger partial charge in [0.05, 0.1) is 32.2 Å². The summed E-state index contributed by atoms with van der Waals surface area (Å²) in [5.74, 6) is -3.03. The van der Waals surface area contributed by atoms with E-state index in [1.165, 1.54) is 31.4 Å². The second-order valence-corrected chi connectivity index (χ2v) is 6.14. The van der Waals surface area contributed by atoms with Crippen LogP contribution in [0.3, 0.4) is 0 Å². The van der Waals surface area contributed by atoms with Crippen LogP contribution in [0.2, 0.25) is 5.02 Å². The summed E-state index contributed by atoms with van der Waals surface area (Å²) in [7, 11) is 1.41. The van der Waals surface area contributed by atoms with E-state index in [1.54, 1.807) is 13.0 Å². The molecule has 0 atom stereocenters. The van der Waals surface area contributed by atoms with Crippen molar-refractivity contribution in [2.45, 2.75) is 13.5 Å². The first kappa shape index (κ1) is 23.4. The topological polar surface area (TPSA) is 148 Å². The van der Waals surface area contributed by atoms with Crippen molar-refractivity contribution in [3.8, 4) is 5.75 Å². The summed E-state index contributed by atoms with van der Waals surface area (Å²) in [4.78, 5) is 46.6. The molecule has 12 heteroatoms. The zero-order valence-electron chi connectivity index (χ0n) is 16.6. The quantitative estimate of drug-likeness (QED) is 0.248. The molecule has 0 radical (unpaired) electrons. The molecule has 0 unspecified atom stereocenters. The smallest absolute Gasteiger partial charge is 0.396 e. The first-order valence-corrected chi connectivity index (χ1v) is 9.23. The minimum absolute atomic E-state index is 0.0538. The predicted molar refractivity (Wildman–Crippen MR) is 110 cm³/mol. The van der Waals surface area contributed by atoms with E-state index in [9.17, 15) is 19.2 Å². The van der Waals surface area contributed by atoms with Crippen LogP contribution < -0.4 is 20.8 Å². The van der Waals surface area contributed by atoms with Gasteiger partial charge < -0.3 is 24.5 Å². The summed E-state index contributed by atoms with van der Waals surface area (Å²) < 4.78 is 15.0. The number of nitrogens with zero attached hydrogens (tertiary/aromatic N) is 1. The van der Waals surface area contributed by atoms with E-state index in [1.807, 2.05) is 5.43 Å².